The lowest BCUT2D eigenvalue weighted by atomic mass is 9.96. The first kappa shape index (κ1) is 13.6. The van der Waals surface area contributed by atoms with Gasteiger partial charge in [-0.2, -0.15) is 0 Å². The second-order valence-corrected chi connectivity index (χ2v) is 5.37. The van der Waals surface area contributed by atoms with E-state index in [1.54, 1.807) is 13.0 Å². The van der Waals surface area contributed by atoms with Crippen LogP contribution in [0.1, 0.15) is 19.6 Å². The predicted octanol–water partition coefficient (Wildman–Crippen LogP) is 2.23. The zero-order valence-electron chi connectivity index (χ0n) is 11.9. The summed E-state index contributed by atoms with van der Waals surface area (Å²) in [7, 11) is 0. The molecule has 0 radical (unpaired) electrons. The molecule has 1 atom stereocenters. The maximum absolute atomic E-state index is 12.2. The minimum atomic E-state index is -0.518. The van der Waals surface area contributed by atoms with E-state index in [-0.39, 0.29) is 11.2 Å². The molecule has 0 saturated carbocycles. The largest absolute Gasteiger partial charge is 0.512 e. The van der Waals surface area contributed by atoms with Gasteiger partial charge in [-0.3, -0.25) is 4.79 Å². The monoisotopic (exact) mass is 284 g/mol. The van der Waals surface area contributed by atoms with Crippen LogP contribution in [-0.2, 0) is 6.42 Å². The molecule has 1 heterocycles. The van der Waals surface area contributed by atoms with E-state index < -0.39 is 6.10 Å². The SMILES string of the molecule is CC(O)=c1c(=O)cc2oc(CC(C)O)cc3cccc1c3-2. The Kier molecular flexibility index (Phi) is 3.18. The number of aliphatic hydroxyl groups is 2. The molecule has 108 valence electrons. The quantitative estimate of drug-likeness (QED) is 0.757. The van der Waals surface area contributed by atoms with Crippen molar-refractivity contribution in [2.75, 3.05) is 0 Å². The van der Waals surface area contributed by atoms with Gasteiger partial charge in [-0.15, -0.1) is 0 Å². The number of hydrogen-bond acceptors (Lipinski definition) is 4. The third-order valence-electron chi connectivity index (χ3n) is 3.54. The van der Waals surface area contributed by atoms with Crippen molar-refractivity contribution in [3.8, 4) is 11.3 Å². The summed E-state index contributed by atoms with van der Waals surface area (Å²) in [4.78, 5) is 12.2. The Balaban J connectivity index is 2.46. The molecular weight excluding hydrogens is 268 g/mol. The molecule has 2 N–H and O–H groups in total. The van der Waals surface area contributed by atoms with Crippen LogP contribution in [0, 0.1) is 0 Å². The third kappa shape index (κ3) is 2.28. The predicted molar refractivity (Wildman–Crippen MR) is 81.4 cm³/mol. The van der Waals surface area contributed by atoms with Crippen LogP contribution in [-0.4, -0.2) is 16.3 Å². The van der Waals surface area contributed by atoms with Gasteiger partial charge in [0.1, 0.15) is 17.3 Å². The Morgan fingerprint density at radius 1 is 1.33 bits per heavy atom. The Bertz CT molecular complexity index is 885. The van der Waals surface area contributed by atoms with Gasteiger partial charge >= 0.3 is 0 Å². The van der Waals surface area contributed by atoms with Crippen LogP contribution in [0.3, 0.4) is 0 Å². The summed E-state index contributed by atoms with van der Waals surface area (Å²) in [6.07, 6.45) is -0.132. The summed E-state index contributed by atoms with van der Waals surface area (Å²) in [6.45, 7) is 3.19. The molecule has 21 heavy (non-hydrogen) atoms. The van der Waals surface area contributed by atoms with Gasteiger partial charge in [-0.25, -0.2) is 0 Å². The van der Waals surface area contributed by atoms with Gasteiger partial charge < -0.3 is 14.6 Å². The van der Waals surface area contributed by atoms with Crippen molar-refractivity contribution in [1.29, 1.82) is 0 Å². The molecule has 1 unspecified atom stereocenters. The molecule has 0 amide bonds. The Morgan fingerprint density at radius 3 is 2.76 bits per heavy atom. The average Bonchev–Trinajstić information content (AvgIpc) is 2.36. The molecule has 1 aliphatic heterocycles. The van der Waals surface area contributed by atoms with Crippen molar-refractivity contribution in [2.24, 2.45) is 0 Å². The van der Waals surface area contributed by atoms with Gasteiger partial charge in [0.05, 0.1) is 11.3 Å². The number of rotatable bonds is 2. The zero-order chi connectivity index (χ0) is 15.1. The van der Waals surface area contributed by atoms with Crippen molar-refractivity contribution in [2.45, 2.75) is 26.4 Å². The topological polar surface area (TPSA) is 70.7 Å². The molecule has 1 aromatic rings. The van der Waals surface area contributed by atoms with E-state index in [2.05, 4.69) is 0 Å². The molecule has 2 aliphatic rings. The van der Waals surface area contributed by atoms with E-state index in [0.717, 1.165) is 10.9 Å². The molecule has 0 saturated heterocycles. The average molecular weight is 284 g/mol. The normalized spacial score (nSPS) is 14.6. The highest BCUT2D eigenvalue weighted by Crippen LogP contribution is 2.31. The molecule has 0 fully saturated rings. The van der Waals surface area contributed by atoms with Crippen LogP contribution >= 0.6 is 0 Å². The lowest BCUT2D eigenvalue weighted by Crippen LogP contribution is -2.27. The van der Waals surface area contributed by atoms with Crippen LogP contribution in [0.5, 0.6) is 0 Å². The molecule has 1 aliphatic carbocycles. The molecule has 4 heteroatoms. The van der Waals surface area contributed by atoms with Crippen LogP contribution in [0.4, 0.5) is 0 Å². The van der Waals surface area contributed by atoms with Gasteiger partial charge in [0.15, 0.2) is 5.43 Å². The van der Waals surface area contributed by atoms with Crippen molar-refractivity contribution < 1.29 is 14.6 Å². The summed E-state index contributed by atoms with van der Waals surface area (Å²) in [6, 6.07) is 8.83. The molecule has 1 aromatic carbocycles. The zero-order valence-corrected chi connectivity index (χ0v) is 11.9. The Labute approximate surface area is 121 Å². The molecule has 0 bridgehead atoms. The smallest absolute Gasteiger partial charge is 0.193 e. The van der Waals surface area contributed by atoms with E-state index in [0.29, 0.717) is 28.5 Å². The van der Waals surface area contributed by atoms with Gasteiger partial charge in [0.25, 0.3) is 0 Å². The summed E-state index contributed by atoms with van der Waals surface area (Å²) in [5.41, 5.74) is 0.544. The highest BCUT2D eigenvalue weighted by atomic mass is 16.3. The molecule has 0 spiro atoms. The van der Waals surface area contributed by atoms with Gasteiger partial charge in [0.2, 0.25) is 0 Å². The first-order valence-electron chi connectivity index (χ1n) is 6.83. The minimum Gasteiger partial charge on any atom is -0.512 e. The summed E-state index contributed by atoms with van der Waals surface area (Å²) < 4.78 is 5.74. The van der Waals surface area contributed by atoms with Crippen molar-refractivity contribution in [3.63, 3.8) is 0 Å². The van der Waals surface area contributed by atoms with Crippen molar-refractivity contribution >= 4 is 16.5 Å². The summed E-state index contributed by atoms with van der Waals surface area (Å²) in [5, 5.41) is 21.2. The number of hydrogen-bond donors (Lipinski definition) is 2. The Hall–Kier alpha value is -2.33. The van der Waals surface area contributed by atoms with E-state index in [4.69, 9.17) is 4.42 Å². The first-order valence-corrected chi connectivity index (χ1v) is 6.83. The maximum atomic E-state index is 12.2. The molecule has 3 rings (SSSR count). The van der Waals surface area contributed by atoms with Gasteiger partial charge in [0, 0.05) is 23.4 Å². The minimum absolute atomic E-state index is 0.00227. The highest BCUT2D eigenvalue weighted by molar-refractivity contribution is 5.96. The van der Waals surface area contributed by atoms with Crippen LogP contribution in [0.25, 0.3) is 27.9 Å². The van der Waals surface area contributed by atoms with E-state index in [1.165, 1.54) is 13.0 Å². The Morgan fingerprint density at radius 2 is 2.10 bits per heavy atom. The molecule has 4 nitrogen and oxygen atoms in total. The van der Waals surface area contributed by atoms with E-state index in [1.807, 2.05) is 18.2 Å². The summed E-state index contributed by atoms with van der Waals surface area (Å²) >= 11 is 0. The second kappa shape index (κ2) is 4.90. The first-order chi connectivity index (χ1) is 9.97. The lowest BCUT2D eigenvalue weighted by Gasteiger charge is -2.14. The number of aliphatic hydroxyl groups excluding tert-OH is 2. The maximum Gasteiger partial charge on any atom is 0.193 e. The van der Waals surface area contributed by atoms with Crippen LogP contribution in [0.2, 0.25) is 0 Å². The fourth-order valence-electron chi connectivity index (χ4n) is 2.76. The summed E-state index contributed by atoms with van der Waals surface area (Å²) in [5.74, 6) is 1.11. The van der Waals surface area contributed by atoms with Crippen molar-refractivity contribution in [1.82, 2.24) is 0 Å². The van der Waals surface area contributed by atoms with Gasteiger partial charge in [-0.05, 0) is 25.3 Å². The standard InChI is InChI=1S/C17H16O4/c1-9(18)6-12-7-11-4-3-5-13-16(10(2)19)14(20)8-15(21-12)17(11)13/h3-5,7-9,18-19H,6H2,1-2H3. The second-order valence-electron chi connectivity index (χ2n) is 5.37. The van der Waals surface area contributed by atoms with E-state index in [9.17, 15) is 15.0 Å². The molecule has 0 aromatic heterocycles. The van der Waals surface area contributed by atoms with Gasteiger partial charge in [-0.1, -0.05) is 18.2 Å². The third-order valence-corrected chi connectivity index (χ3v) is 3.54. The van der Waals surface area contributed by atoms with Crippen LogP contribution < -0.4 is 10.6 Å². The fraction of sp³-hybridized carbons (Fsp3) is 0.235. The fourth-order valence-corrected chi connectivity index (χ4v) is 2.76. The number of benzene rings is 2. The molecular formula is C17H16O4. The van der Waals surface area contributed by atoms with Crippen LogP contribution in [0.15, 0.2) is 39.5 Å². The highest BCUT2D eigenvalue weighted by Gasteiger charge is 2.17. The van der Waals surface area contributed by atoms with E-state index >= 15 is 0 Å². The van der Waals surface area contributed by atoms with Crippen molar-refractivity contribution in [3.05, 3.63) is 51.5 Å². The lowest BCUT2D eigenvalue weighted by molar-refractivity contribution is 0.187.